The zero-order valence-electron chi connectivity index (χ0n) is 12.4. The number of hydrogen-bond acceptors (Lipinski definition) is 0. The fraction of sp³-hybridized carbons (Fsp3) is 0.143. The zero-order chi connectivity index (χ0) is 14.3. The molecule has 0 unspecified atom stereocenters. The van der Waals surface area contributed by atoms with Crippen LogP contribution in [0.1, 0.15) is 33.4 Å². The van der Waals surface area contributed by atoms with Gasteiger partial charge in [0.1, 0.15) is 0 Å². The molecule has 3 aliphatic heterocycles. The molecule has 1 heteroatoms. The summed E-state index contributed by atoms with van der Waals surface area (Å²) in [7, 11) is 0. The maximum absolute atomic E-state index is 2.34. The minimum absolute atomic E-state index is 0.500. The van der Waals surface area contributed by atoms with Crippen molar-refractivity contribution in [3.05, 3.63) is 88.0 Å². The van der Waals surface area contributed by atoms with Crippen LogP contribution >= 0.6 is 0 Å². The van der Waals surface area contributed by atoms with Crippen molar-refractivity contribution in [1.82, 2.24) is 0 Å². The molecule has 3 heterocycles. The highest BCUT2D eigenvalue weighted by Gasteiger charge is 2.41. The van der Waals surface area contributed by atoms with Gasteiger partial charge in [0.2, 0.25) is 6.71 Å². The smallest absolute Gasteiger partial charge is 0.0617 e. The number of rotatable bonds is 0. The van der Waals surface area contributed by atoms with Crippen LogP contribution in [-0.2, 0) is 19.3 Å². The molecule has 0 spiro atoms. The lowest BCUT2D eigenvalue weighted by Crippen LogP contribution is -2.64. The summed E-state index contributed by atoms with van der Waals surface area (Å²) in [6.07, 6.45) is 3.33. The fourth-order valence-corrected chi connectivity index (χ4v) is 5.08. The summed E-state index contributed by atoms with van der Waals surface area (Å²) in [5, 5.41) is 0. The molecule has 102 valence electrons. The number of benzene rings is 3. The van der Waals surface area contributed by atoms with E-state index in [1.54, 1.807) is 49.8 Å². The zero-order valence-corrected chi connectivity index (χ0v) is 12.4. The van der Waals surface area contributed by atoms with Gasteiger partial charge in [0.25, 0.3) is 0 Å². The molecule has 0 atom stereocenters. The molecule has 0 amide bonds. The first-order valence-electron chi connectivity index (χ1n) is 8.22. The first kappa shape index (κ1) is 11.3. The lowest BCUT2D eigenvalue weighted by molar-refractivity contribution is 1.10. The van der Waals surface area contributed by atoms with Gasteiger partial charge in [0.15, 0.2) is 0 Å². The molecule has 0 bridgehead atoms. The van der Waals surface area contributed by atoms with Gasteiger partial charge in [-0.2, -0.15) is 0 Å². The quantitative estimate of drug-likeness (QED) is 0.372. The van der Waals surface area contributed by atoms with Gasteiger partial charge in [-0.3, -0.25) is 0 Å². The third-order valence-electron chi connectivity index (χ3n) is 5.87. The van der Waals surface area contributed by atoms with Crippen molar-refractivity contribution in [2.45, 2.75) is 19.3 Å². The molecule has 0 radical (unpaired) electrons. The average Bonchev–Trinajstić information content (AvgIpc) is 2.55. The summed E-state index contributed by atoms with van der Waals surface area (Å²) in [4.78, 5) is 0. The molecule has 0 saturated carbocycles. The summed E-state index contributed by atoms with van der Waals surface area (Å²) in [5.74, 6) is 0. The van der Waals surface area contributed by atoms with Crippen molar-refractivity contribution in [2.24, 2.45) is 0 Å². The Kier molecular flexibility index (Phi) is 1.92. The van der Waals surface area contributed by atoms with Gasteiger partial charge in [-0.15, -0.1) is 0 Å². The van der Waals surface area contributed by atoms with Gasteiger partial charge < -0.3 is 0 Å². The van der Waals surface area contributed by atoms with Crippen LogP contribution in [0.4, 0.5) is 0 Å². The predicted molar refractivity (Wildman–Crippen MR) is 92.4 cm³/mol. The predicted octanol–water partition coefficient (Wildman–Crippen LogP) is 1.92. The van der Waals surface area contributed by atoms with E-state index in [9.17, 15) is 0 Å². The van der Waals surface area contributed by atoms with E-state index in [0.717, 1.165) is 19.3 Å². The van der Waals surface area contributed by atoms with E-state index in [-0.39, 0.29) is 0 Å². The Bertz CT molecular complexity index is 780. The first-order valence-corrected chi connectivity index (χ1v) is 8.22. The first-order chi connectivity index (χ1) is 10.9. The Hall–Kier alpha value is -2.28. The lowest BCUT2D eigenvalue weighted by atomic mass is 9.28. The number of hydrogen-bond donors (Lipinski definition) is 0. The Morgan fingerprint density at radius 1 is 0.455 bits per heavy atom. The molecule has 3 aromatic carbocycles. The third-order valence-corrected chi connectivity index (χ3v) is 5.87. The van der Waals surface area contributed by atoms with Crippen molar-refractivity contribution >= 4 is 23.1 Å². The van der Waals surface area contributed by atoms with E-state index < -0.39 is 0 Å². The molecule has 0 aromatic heterocycles. The van der Waals surface area contributed by atoms with E-state index in [1.165, 1.54) is 0 Å². The van der Waals surface area contributed by atoms with Crippen LogP contribution in [0.15, 0.2) is 54.6 Å². The standard InChI is InChI=1S/C21H15B/c1-4-13-10-15-6-2-8-17-12-18-9-3-7-16-11-14(5-1)19(13)22(20(15)17)21(16)18/h1-9H,10-12H2. The van der Waals surface area contributed by atoms with Crippen LogP contribution in [0.2, 0.25) is 0 Å². The molecular formula is C21H15B. The van der Waals surface area contributed by atoms with Crippen LogP contribution in [0.3, 0.4) is 0 Å². The third kappa shape index (κ3) is 1.22. The Labute approximate surface area is 130 Å². The second-order valence-electron chi connectivity index (χ2n) is 6.93. The van der Waals surface area contributed by atoms with Gasteiger partial charge in [-0.05, 0) is 52.6 Å². The Morgan fingerprint density at radius 2 is 0.727 bits per heavy atom. The molecule has 6 rings (SSSR count). The van der Waals surface area contributed by atoms with Crippen molar-refractivity contribution in [2.75, 3.05) is 0 Å². The van der Waals surface area contributed by atoms with Crippen LogP contribution in [-0.4, -0.2) is 6.71 Å². The molecule has 22 heavy (non-hydrogen) atoms. The van der Waals surface area contributed by atoms with Crippen molar-refractivity contribution in [1.29, 1.82) is 0 Å². The molecular weight excluding hydrogens is 263 g/mol. The van der Waals surface area contributed by atoms with Gasteiger partial charge in [0, 0.05) is 0 Å². The average molecular weight is 278 g/mol. The van der Waals surface area contributed by atoms with Crippen molar-refractivity contribution in [3.8, 4) is 0 Å². The van der Waals surface area contributed by atoms with Crippen LogP contribution in [0.25, 0.3) is 0 Å². The summed E-state index contributed by atoms with van der Waals surface area (Å²) in [5.41, 5.74) is 14.2. The minimum Gasteiger partial charge on any atom is -0.0617 e. The van der Waals surface area contributed by atoms with Crippen molar-refractivity contribution < 1.29 is 0 Å². The highest BCUT2D eigenvalue weighted by atomic mass is 14.3. The van der Waals surface area contributed by atoms with Gasteiger partial charge in [-0.1, -0.05) is 71.0 Å². The minimum atomic E-state index is 0.500. The molecule has 0 nitrogen and oxygen atoms in total. The maximum Gasteiger partial charge on any atom is 0.243 e. The Morgan fingerprint density at radius 3 is 1.00 bits per heavy atom. The molecule has 0 saturated heterocycles. The summed E-state index contributed by atoms with van der Waals surface area (Å²) >= 11 is 0. The maximum atomic E-state index is 2.34. The summed E-state index contributed by atoms with van der Waals surface area (Å²) < 4.78 is 0. The highest BCUT2D eigenvalue weighted by molar-refractivity contribution is 6.98. The van der Waals surface area contributed by atoms with E-state index in [4.69, 9.17) is 0 Å². The largest absolute Gasteiger partial charge is 0.243 e. The second kappa shape index (κ2) is 3.73. The van der Waals surface area contributed by atoms with E-state index in [0.29, 0.717) is 6.71 Å². The highest BCUT2D eigenvalue weighted by Crippen LogP contribution is 2.27. The monoisotopic (exact) mass is 278 g/mol. The molecule has 0 fully saturated rings. The lowest BCUT2D eigenvalue weighted by Gasteiger charge is -2.39. The van der Waals surface area contributed by atoms with Crippen LogP contribution < -0.4 is 16.4 Å². The summed E-state index contributed by atoms with van der Waals surface area (Å²) in [6.45, 7) is 0.500. The summed E-state index contributed by atoms with van der Waals surface area (Å²) in [6, 6.07) is 20.8. The topological polar surface area (TPSA) is 0 Å². The van der Waals surface area contributed by atoms with E-state index in [2.05, 4.69) is 54.6 Å². The molecule has 3 aromatic rings. The molecule has 0 N–H and O–H groups in total. The molecule has 3 aliphatic rings. The SMILES string of the molecule is c1cc2c3c(c1)Cc1cccc4c1B3c1c(cccc1C4)C2. The van der Waals surface area contributed by atoms with E-state index >= 15 is 0 Å². The molecule has 0 aliphatic carbocycles. The van der Waals surface area contributed by atoms with Crippen molar-refractivity contribution in [3.63, 3.8) is 0 Å². The van der Waals surface area contributed by atoms with E-state index in [1.807, 2.05) is 0 Å². The van der Waals surface area contributed by atoms with Crippen LogP contribution in [0, 0.1) is 0 Å². The second-order valence-corrected chi connectivity index (χ2v) is 6.93. The van der Waals surface area contributed by atoms with Gasteiger partial charge >= 0.3 is 0 Å². The Balaban J connectivity index is 1.80. The van der Waals surface area contributed by atoms with Gasteiger partial charge in [0.05, 0.1) is 0 Å². The van der Waals surface area contributed by atoms with Gasteiger partial charge in [-0.25, -0.2) is 0 Å². The normalized spacial score (nSPS) is 15.5. The fourth-order valence-electron chi connectivity index (χ4n) is 5.08. The van der Waals surface area contributed by atoms with Crippen LogP contribution in [0.5, 0.6) is 0 Å².